The average molecular weight is 430 g/mol. The summed E-state index contributed by atoms with van der Waals surface area (Å²) in [5.74, 6) is 1.45. The van der Waals surface area contributed by atoms with Gasteiger partial charge in [0.2, 0.25) is 0 Å². The second-order valence-electron chi connectivity index (χ2n) is 4.26. The molecule has 0 aliphatic rings. The quantitative estimate of drug-likeness (QED) is 0.492. The van der Waals surface area contributed by atoms with Crippen LogP contribution in [0, 0.1) is 0 Å². The smallest absolute Gasteiger partial charge is 0.330 e. The summed E-state index contributed by atoms with van der Waals surface area (Å²) in [5, 5.41) is 0. The first-order chi connectivity index (χ1) is 10.5. The minimum atomic E-state index is -0.405. The molecule has 4 nitrogen and oxygen atoms in total. The number of carbonyl (C=O) groups is 1. The topological polar surface area (TPSA) is 48.7 Å². The molecule has 0 spiro atoms. The van der Waals surface area contributed by atoms with E-state index in [1.54, 1.807) is 26.2 Å². The van der Waals surface area contributed by atoms with E-state index in [0.29, 0.717) is 23.9 Å². The van der Waals surface area contributed by atoms with Crippen LogP contribution in [0.2, 0.25) is 0 Å². The van der Waals surface area contributed by atoms with Crippen molar-refractivity contribution in [1.82, 2.24) is 0 Å². The Labute approximate surface area is 145 Å². The fraction of sp³-hybridized carbons (Fsp3) is 0.188. The molecule has 1 aromatic carbocycles. The fourth-order valence-electron chi connectivity index (χ4n) is 1.85. The molecule has 0 N–H and O–H groups in total. The molecular weight excluding hydrogens is 416 g/mol. The van der Waals surface area contributed by atoms with Crippen LogP contribution in [0.15, 0.2) is 43.7 Å². The Balaban J connectivity index is 2.32. The summed E-state index contributed by atoms with van der Waals surface area (Å²) in [5.41, 5.74) is 0.813. The summed E-state index contributed by atoms with van der Waals surface area (Å²) in [6.45, 7) is 2.10. The molecule has 0 radical (unpaired) electrons. The third-order valence-electron chi connectivity index (χ3n) is 2.78. The van der Waals surface area contributed by atoms with Crippen LogP contribution in [0.1, 0.15) is 12.7 Å². The van der Waals surface area contributed by atoms with Crippen molar-refractivity contribution in [1.29, 1.82) is 0 Å². The number of furan rings is 1. The van der Waals surface area contributed by atoms with Crippen molar-refractivity contribution in [3.05, 3.63) is 45.0 Å². The summed E-state index contributed by atoms with van der Waals surface area (Å²) in [6.07, 6.45) is 2.90. The van der Waals surface area contributed by atoms with Gasteiger partial charge in [0, 0.05) is 10.5 Å². The number of methoxy groups -OCH3 is 1. The summed E-state index contributed by atoms with van der Waals surface area (Å²) in [7, 11) is 1.60. The Hall–Kier alpha value is -1.53. The molecular formula is C16H14Br2O4. The van der Waals surface area contributed by atoms with E-state index >= 15 is 0 Å². The van der Waals surface area contributed by atoms with Crippen molar-refractivity contribution < 1.29 is 18.7 Å². The molecule has 22 heavy (non-hydrogen) atoms. The Kier molecular flexibility index (Phi) is 5.85. The molecule has 6 heteroatoms. The summed E-state index contributed by atoms with van der Waals surface area (Å²) < 4.78 is 17.7. The first kappa shape index (κ1) is 16.8. The molecule has 2 aromatic rings. The largest absolute Gasteiger partial charge is 0.496 e. The van der Waals surface area contributed by atoms with Crippen molar-refractivity contribution in [2.24, 2.45) is 0 Å². The van der Waals surface area contributed by atoms with Crippen molar-refractivity contribution in [3.63, 3.8) is 0 Å². The third kappa shape index (κ3) is 4.01. The van der Waals surface area contributed by atoms with Crippen LogP contribution in [0.4, 0.5) is 0 Å². The zero-order valence-corrected chi connectivity index (χ0v) is 15.2. The van der Waals surface area contributed by atoms with Gasteiger partial charge in [-0.1, -0.05) is 15.9 Å². The number of carbonyl (C=O) groups excluding carboxylic acids is 1. The van der Waals surface area contributed by atoms with Gasteiger partial charge in [0.05, 0.1) is 23.8 Å². The minimum absolute atomic E-state index is 0.340. The lowest BCUT2D eigenvalue weighted by Gasteiger charge is -2.07. The lowest BCUT2D eigenvalue weighted by atomic mass is 10.1. The molecule has 0 bridgehead atoms. The maximum Gasteiger partial charge on any atom is 0.330 e. The molecule has 1 heterocycles. The normalized spacial score (nSPS) is 10.9. The highest BCUT2D eigenvalue weighted by atomic mass is 79.9. The van der Waals surface area contributed by atoms with Gasteiger partial charge in [-0.25, -0.2) is 4.79 Å². The Morgan fingerprint density at radius 1 is 1.32 bits per heavy atom. The highest BCUT2D eigenvalue weighted by Gasteiger charge is 2.15. The number of ether oxygens (including phenoxy) is 2. The molecule has 0 amide bonds. The predicted molar refractivity (Wildman–Crippen MR) is 91.8 cm³/mol. The van der Waals surface area contributed by atoms with E-state index in [9.17, 15) is 4.79 Å². The standard InChI is InChI=1S/C16H14Br2O4/c1-3-21-15(19)7-5-11-9-13(18)16(22-11)12-6-4-10(17)8-14(12)20-2/h4-9H,3H2,1-2H3/b7-5+. The fourth-order valence-corrected chi connectivity index (χ4v) is 2.71. The molecule has 0 aliphatic carbocycles. The van der Waals surface area contributed by atoms with E-state index < -0.39 is 5.97 Å². The molecule has 0 atom stereocenters. The van der Waals surface area contributed by atoms with Crippen LogP contribution in [0.3, 0.4) is 0 Å². The Bertz CT molecular complexity index is 704. The minimum Gasteiger partial charge on any atom is -0.496 e. The van der Waals surface area contributed by atoms with E-state index in [2.05, 4.69) is 31.9 Å². The molecule has 0 saturated heterocycles. The maximum atomic E-state index is 11.3. The first-order valence-electron chi connectivity index (χ1n) is 6.53. The monoisotopic (exact) mass is 428 g/mol. The van der Waals surface area contributed by atoms with Gasteiger partial charge in [-0.15, -0.1) is 0 Å². The van der Waals surface area contributed by atoms with Crippen LogP contribution in [0.5, 0.6) is 5.75 Å². The number of hydrogen-bond donors (Lipinski definition) is 0. The number of rotatable bonds is 5. The van der Waals surface area contributed by atoms with Crippen molar-refractivity contribution in [2.75, 3.05) is 13.7 Å². The van der Waals surface area contributed by atoms with Gasteiger partial charge >= 0.3 is 5.97 Å². The van der Waals surface area contributed by atoms with Gasteiger partial charge in [-0.05, 0) is 53.2 Å². The molecule has 2 rings (SSSR count). The molecule has 0 unspecified atom stereocenters. The zero-order chi connectivity index (χ0) is 16.1. The maximum absolute atomic E-state index is 11.3. The van der Waals surface area contributed by atoms with Gasteiger partial charge in [0.25, 0.3) is 0 Å². The molecule has 0 saturated carbocycles. The molecule has 116 valence electrons. The lowest BCUT2D eigenvalue weighted by molar-refractivity contribution is -0.137. The SMILES string of the molecule is CCOC(=O)/C=C/c1cc(Br)c(-c2ccc(Br)cc2OC)o1. The first-order valence-corrected chi connectivity index (χ1v) is 8.11. The van der Waals surface area contributed by atoms with E-state index in [1.807, 2.05) is 18.2 Å². The van der Waals surface area contributed by atoms with E-state index in [0.717, 1.165) is 14.5 Å². The van der Waals surface area contributed by atoms with E-state index in [1.165, 1.54) is 6.08 Å². The number of halogens is 2. The summed E-state index contributed by atoms with van der Waals surface area (Å²) in [6, 6.07) is 7.44. The van der Waals surface area contributed by atoms with Crippen LogP contribution < -0.4 is 4.74 Å². The molecule has 0 fully saturated rings. The van der Waals surface area contributed by atoms with Crippen LogP contribution >= 0.6 is 31.9 Å². The van der Waals surface area contributed by atoms with Gasteiger partial charge in [-0.3, -0.25) is 0 Å². The highest BCUT2D eigenvalue weighted by Crippen LogP contribution is 2.38. The van der Waals surface area contributed by atoms with E-state index in [4.69, 9.17) is 13.9 Å². The predicted octanol–water partition coefficient (Wildman–Crippen LogP) is 5.06. The number of hydrogen-bond acceptors (Lipinski definition) is 4. The number of benzene rings is 1. The summed E-state index contributed by atoms with van der Waals surface area (Å²) in [4.78, 5) is 11.3. The second kappa shape index (κ2) is 7.65. The van der Waals surface area contributed by atoms with Crippen molar-refractivity contribution >= 4 is 43.9 Å². The zero-order valence-electron chi connectivity index (χ0n) is 12.1. The van der Waals surface area contributed by atoms with Crippen molar-refractivity contribution in [3.8, 4) is 17.1 Å². The Morgan fingerprint density at radius 2 is 2.09 bits per heavy atom. The molecule has 0 aliphatic heterocycles. The molecule has 1 aromatic heterocycles. The number of esters is 1. The van der Waals surface area contributed by atoms with Gasteiger partial charge < -0.3 is 13.9 Å². The lowest BCUT2D eigenvalue weighted by Crippen LogP contribution is -1.98. The van der Waals surface area contributed by atoms with Crippen LogP contribution in [0.25, 0.3) is 17.4 Å². The highest BCUT2D eigenvalue weighted by molar-refractivity contribution is 9.10. The second-order valence-corrected chi connectivity index (χ2v) is 6.03. The van der Waals surface area contributed by atoms with Gasteiger partial charge in [0.15, 0.2) is 5.76 Å². The average Bonchev–Trinajstić information content (AvgIpc) is 2.86. The Morgan fingerprint density at radius 3 is 2.77 bits per heavy atom. The summed E-state index contributed by atoms with van der Waals surface area (Å²) >= 11 is 6.87. The van der Waals surface area contributed by atoms with Crippen molar-refractivity contribution in [2.45, 2.75) is 6.92 Å². The van der Waals surface area contributed by atoms with Crippen LogP contribution in [-0.2, 0) is 9.53 Å². The van der Waals surface area contributed by atoms with E-state index in [-0.39, 0.29) is 0 Å². The van der Waals surface area contributed by atoms with Crippen LogP contribution in [-0.4, -0.2) is 19.7 Å². The van der Waals surface area contributed by atoms with Gasteiger partial charge in [0.1, 0.15) is 11.5 Å². The third-order valence-corrected chi connectivity index (χ3v) is 3.87. The van der Waals surface area contributed by atoms with Gasteiger partial charge in [-0.2, -0.15) is 0 Å².